The smallest absolute Gasteiger partial charge is 0.191 e. The second kappa shape index (κ2) is 14.1. The molecule has 0 bridgehead atoms. The number of guanidine groups is 1. The number of benzene rings is 1. The maximum absolute atomic E-state index is 5.38. The Kier molecular flexibility index (Phi) is 12.6. The summed E-state index contributed by atoms with van der Waals surface area (Å²) in [5.74, 6) is 0.852. The molecule has 0 spiro atoms. The van der Waals surface area contributed by atoms with Crippen molar-refractivity contribution in [2.75, 3.05) is 59.5 Å². The van der Waals surface area contributed by atoms with Crippen molar-refractivity contribution in [3.05, 3.63) is 35.4 Å². The van der Waals surface area contributed by atoms with Crippen molar-refractivity contribution in [1.29, 1.82) is 0 Å². The van der Waals surface area contributed by atoms with Crippen molar-refractivity contribution in [1.82, 2.24) is 20.4 Å². The SMILES string of the molecule is CCN(CC)Cc1ccc(CNC(=NC)NCCN2CCOCC2)cc1.I. The van der Waals surface area contributed by atoms with Crippen molar-refractivity contribution < 1.29 is 4.74 Å². The summed E-state index contributed by atoms with van der Waals surface area (Å²) >= 11 is 0. The maximum Gasteiger partial charge on any atom is 0.191 e. The lowest BCUT2D eigenvalue weighted by molar-refractivity contribution is 0.0389. The highest BCUT2D eigenvalue weighted by Crippen LogP contribution is 2.07. The molecule has 1 aromatic carbocycles. The molecule has 154 valence electrons. The number of hydrogen-bond acceptors (Lipinski definition) is 4. The Labute approximate surface area is 181 Å². The predicted octanol–water partition coefficient (Wildman–Crippen LogP) is 2.14. The first-order valence-electron chi connectivity index (χ1n) is 9.80. The second-order valence-electron chi connectivity index (χ2n) is 6.58. The third kappa shape index (κ3) is 9.23. The van der Waals surface area contributed by atoms with E-state index >= 15 is 0 Å². The third-order valence-corrected chi connectivity index (χ3v) is 4.83. The molecule has 2 N–H and O–H groups in total. The summed E-state index contributed by atoms with van der Waals surface area (Å²) in [6.07, 6.45) is 0. The lowest BCUT2D eigenvalue weighted by Gasteiger charge is -2.26. The van der Waals surface area contributed by atoms with E-state index < -0.39 is 0 Å². The summed E-state index contributed by atoms with van der Waals surface area (Å²) in [6, 6.07) is 8.85. The van der Waals surface area contributed by atoms with Gasteiger partial charge >= 0.3 is 0 Å². The van der Waals surface area contributed by atoms with Crippen LogP contribution in [0.3, 0.4) is 0 Å². The minimum Gasteiger partial charge on any atom is -0.379 e. The lowest BCUT2D eigenvalue weighted by Crippen LogP contribution is -2.44. The van der Waals surface area contributed by atoms with Gasteiger partial charge < -0.3 is 15.4 Å². The summed E-state index contributed by atoms with van der Waals surface area (Å²) < 4.78 is 5.38. The van der Waals surface area contributed by atoms with Crippen LogP contribution in [0.15, 0.2) is 29.3 Å². The largest absolute Gasteiger partial charge is 0.379 e. The monoisotopic (exact) mass is 489 g/mol. The molecule has 1 aliphatic heterocycles. The van der Waals surface area contributed by atoms with Gasteiger partial charge in [-0.25, -0.2) is 0 Å². The average Bonchev–Trinajstić information content (AvgIpc) is 2.70. The van der Waals surface area contributed by atoms with Crippen molar-refractivity contribution in [3.8, 4) is 0 Å². The summed E-state index contributed by atoms with van der Waals surface area (Å²) in [4.78, 5) is 9.15. The molecule has 1 fully saturated rings. The van der Waals surface area contributed by atoms with Gasteiger partial charge in [-0.15, -0.1) is 24.0 Å². The zero-order valence-electron chi connectivity index (χ0n) is 17.0. The number of hydrogen-bond donors (Lipinski definition) is 2. The fourth-order valence-electron chi connectivity index (χ4n) is 3.03. The van der Waals surface area contributed by atoms with Gasteiger partial charge in [-0.2, -0.15) is 0 Å². The predicted molar refractivity (Wildman–Crippen MR) is 124 cm³/mol. The van der Waals surface area contributed by atoms with Crippen LogP contribution in [0.25, 0.3) is 0 Å². The summed E-state index contributed by atoms with van der Waals surface area (Å²) in [5.41, 5.74) is 2.63. The highest BCUT2D eigenvalue weighted by molar-refractivity contribution is 14.0. The Bertz CT molecular complexity index is 528. The van der Waals surface area contributed by atoms with Crippen LogP contribution in [0.2, 0.25) is 0 Å². The topological polar surface area (TPSA) is 52.1 Å². The summed E-state index contributed by atoms with van der Waals surface area (Å²) in [6.45, 7) is 14.0. The van der Waals surface area contributed by atoms with Gasteiger partial charge in [0.15, 0.2) is 5.96 Å². The third-order valence-electron chi connectivity index (χ3n) is 4.83. The number of rotatable bonds is 9. The van der Waals surface area contributed by atoms with Crippen LogP contribution in [0, 0.1) is 0 Å². The molecule has 2 rings (SSSR count). The van der Waals surface area contributed by atoms with Gasteiger partial charge in [0.05, 0.1) is 13.2 Å². The molecule has 0 radical (unpaired) electrons. The van der Waals surface area contributed by atoms with E-state index in [2.05, 4.69) is 63.5 Å². The maximum atomic E-state index is 5.38. The number of nitrogens with zero attached hydrogens (tertiary/aromatic N) is 3. The van der Waals surface area contributed by atoms with E-state index in [9.17, 15) is 0 Å². The fraction of sp³-hybridized carbons (Fsp3) is 0.650. The van der Waals surface area contributed by atoms with E-state index in [0.29, 0.717) is 0 Å². The van der Waals surface area contributed by atoms with Crippen LogP contribution in [-0.4, -0.2) is 75.3 Å². The first-order valence-corrected chi connectivity index (χ1v) is 9.80. The Balaban J connectivity index is 0.00000364. The molecule has 6 nitrogen and oxygen atoms in total. The molecule has 1 aromatic rings. The van der Waals surface area contributed by atoms with Gasteiger partial charge in [0.25, 0.3) is 0 Å². The zero-order valence-corrected chi connectivity index (χ0v) is 19.4. The van der Waals surface area contributed by atoms with Crippen molar-refractivity contribution >= 4 is 29.9 Å². The average molecular weight is 489 g/mol. The van der Waals surface area contributed by atoms with E-state index in [1.54, 1.807) is 0 Å². The van der Waals surface area contributed by atoms with Crippen LogP contribution in [0.5, 0.6) is 0 Å². The molecular weight excluding hydrogens is 453 g/mol. The Hall–Kier alpha value is -0.900. The second-order valence-corrected chi connectivity index (χ2v) is 6.58. The molecule has 7 heteroatoms. The number of aliphatic imine (C=N–C) groups is 1. The first kappa shape index (κ1) is 24.1. The van der Waals surface area contributed by atoms with Crippen molar-refractivity contribution in [2.45, 2.75) is 26.9 Å². The molecule has 0 atom stereocenters. The molecule has 0 saturated carbocycles. The Morgan fingerprint density at radius 3 is 2.30 bits per heavy atom. The molecule has 0 aromatic heterocycles. The summed E-state index contributed by atoms with van der Waals surface area (Å²) in [5, 5.41) is 6.78. The highest BCUT2D eigenvalue weighted by Gasteiger charge is 2.09. The zero-order chi connectivity index (χ0) is 18.6. The van der Waals surface area contributed by atoms with Crippen LogP contribution in [0.4, 0.5) is 0 Å². The van der Waals surface area contributed by atoms with E-state index in [0.717, 1.165) is 71.5 Å². The molecule has 0 amide bonds. The van der Waals surface area contributed by atoms with Gasteiger partial charge in [0, 0.05) is 46.3 Å². The minimum absolute atomic E-state index is 0. The van der Waals surface area contributed by atoms with Gasteiger partial charge in [0.2, 0.25) is 0 Å². The number of nitrogens with one attached hydrogen (secondary N) is 2. The van der Waals surface area contributed by atoms with Gasteiger partial charge in [-0.05, 0) is 24.2 Å². The fourth-order valence-corrected chi connectivity index (χ4v) is 3.03. The van der Waals surface area contributed by atoms with Crippen LogP contribution in [-0.2, 0) is 17.8 Å². The van der Waals surface area contributed by atoms with Gasteiger partial charge in [-0.1, -0.05) is 38.1 Å². The van der Waals surface area contributed by atoms with E-state index in [4.69, 9.17) is 4.74 Å². The van der Waals surface area contributed by atoms with Crippen molar-refractivity contribution in [3.63, 3.8) is 0 Å². The van der Waals surface area contributed by atoms with Crippen LogP contribution < -0.4 is 10.6 Å². The summed E-state index contributed by atoms with van der Waals surface area (Å²) in [7, 11) is 1.82. The quantitative estimate of drug-likeness (QED) is 0.317. The normalized spacial score (nSPS) is 15.5. The van der Waals surface area contributed by atoms with Crippen LogP contribution in [0.1, 0.15) is 25.0 Å². The molecular formula is C20H36IN5O. The number of ether oxygens (including phenoxy) is 1. The molecule has 1 saturated heterocycles. The number of morpholine rings is 1. The van der Waals surface area contributed by atoms with E-state index in [-0.39, 0.29) is 24.0 Å². The molecule has 1 aliphatic rings. The molecule has 1 heterocycles. The molecule has 27 heavy (non-hydrogen) atoms. The van der Waals surface area contributed by atoms with Crippen LogP contribution >= 0.6 is 24.0 Å². The van der Waals surface area contributed by atoms with Gasteiger partial charge in [0.1, 0.15) is 0 Å². The molecule has 0 aliphatic carbocycles. The minimum atomic E-state index is 0. The highest BCUT2D eigenvalue weighted by atomic mass is 127. The first-order chi connectivity index (χ1) is 12.7. The lowest BCUT2D eigenvalue weighted by atomic mass is 10.1. The molecule has 0 unspecified atom stereocenters. The Morgan fingerprint density at radius 1 is 1.07 bits per heavy atom. The van der Waals surface area contributed by atoms with E-state index in [1.165, 1.54) is 11.1 Å². The van der Waals surface area contributed by atoms with Gasteiger partial charge in [-0.3, -0.25) is 14.8 Å². The van der Waals surface area contributed by atoms with E-state index in [1.807, 2.05) is 7.05 Å². The standard InChI is InChI=1S/C20H35N5O.HI/c1-4-24(5-2)17-19-8-6-18(7-9-19)16-23-20(21-3)22-10-11-25-12-14-26-15-13-25;/h6-9H,4-5,10-17H2,1-3H3,(H2,21,22,23);1H. The van der Waals surface area contributed by atoms with Crippen molar-refractivity contribution in [2.24, 2.45) is 4.99 Å². The Morgan fingerprint density at radius 2 is 1.70 bits per heavy atom. The number of halogens is 1.